The predicted octanol–water partition coefficient (Wildman–Crippen LogP) is 3.67. The number of hydrogen-bond donors (Lipinski definition) is 0. The second-order valence-corrected chi connectivity index (χ2v) is 7.34. The van der Waals surface area contributed by atoms with E-state index in [1.54, 1.807) is 0 Å². The quantitative estimate of drug-likeness (QED) is 0.533. The summed E-state index contributed by atoms with van der Waals surface area (Å²) in [6.07, 6.45) is 11.2. The number of carbonyl (C=O) groups is 1. The van der Waals surface area contributed by atoms with Crippen molar-refractivity contribution in [1.82, 2.24) is 25.1 Å². The summed E-state index contributed by atoms with van der Waals surface area (Å²) in [6, 6.07) is 7.63. The zero-order chi connectivity index (χ0) is 18.4. The SMILES string of the molecule is C#CCCCCC(=O)N1CCCCC1c1nnn(-c2cccc(Br)c2)n1. The van der Waals surface area contributed by atoms with Gasteiger partial charge in [0.2, 0.25) is 5.91 Å². The van der Waals surface area contributed by atoms with Gasteiger partial charge in [-0.15, -0.1) is 27.3 Å². The van der Waals surface area contributed by atoms with Crippen molar-refractivity contribution in [3.8, 4) is 18.0 Å². The van der Waals surface area contributed by atoms with Crippen molar-refractivity contribution in [2.24, 2.45) is 0 Å². The Morgan fingerprint density at radius 1 is 1.35 bits per heavy atom. The molecule has 0 bridgehead atoms. The predicted molar refractivity (Wildman–Crippen MR) is 102 cm³/mol. The zero-order valence-corrected chi connectivity index (χ0v) is 16.2. The highest BCUT2D eigenvalue weighted by molar-refractivity contribution is 9.10. The molecule has 1 aliphatic rings. The first-order valence-electron chi connectivity index (χ1n) is 8.98. The molecule has 2 aromatic rings. The van der Waals surface area contributed by atoms with Crippen molar-refractivity contribution in [3.63, 3.8) is 0 Å². The van der Waals surface area contributed by atoms with Gasteiger partial charge in [-0.2, -0.15) is 0 Å². The Hall–Kier alpha value is -2.20. The van der Waals surface area contributed by atoms with Crippen LogP contribution < -0.4 is 0 Å². The molecule has 7 heteroatoms. The molecule has 1 aliphatic heterocycles. The molecule has 1 amide bonds. The van der Waals surface area contributed by atoms with E-state index in [1.165, 1.54) is 4.80 Å². The number of terminal acetylenes is 1. The van der Waals surface area contributed by atoms with Crippen LogP contribution in [0.15, 0.2) is 28.7 Å². The standard InChI is InChI=1S/C19H22BrN5O/c1-2-3-4-5-12-18(26)24-13-7-6-11-17(24)19-21-23-25(22-19)16-10-8-9-15(20)14-16/h1,8-10,14,17H,3-7,11-13H2. The van der Waals surface area contributed by atoms with Gasteiger partial charge in [0.1, 0.15) is 0 Å². The van der Waals surface area contributed by atoms with Crippen molar-refractivity contribution in [3.05, 3.63) is 34.6 Å². The minimum Gasteiger partial charge on any atom is -0.332 e. The third-order valence-corrected chi connectivity index (χ3v) is 5.04. The summed E-state index contributed by atoms with van der Waals surface area (Å²) in [5.74, 6) is 3.39. The van der Waals surface area contributed by atoms with E-state index in [0.29, 0.717) is 12.2 Å². The molecule has 0 N–H and O–H groups in total. The number of hydrogen-bond acceptors (Lipinski definition) is 4. The maximum atomic E-state index is 12.7. The third kappa shape index (κ3) is 4.50. The second-order valence-electron chi connectivity index (χ2n) is 6.43. The first-order valence-corrected chi connectivity index (χ1v) is 9.77. The Morgan fingerprint density at radius 3 is 3.04 bits per heavy atom. The molecule has 0 saturated carbocycles. The highest BCUT2D eigenvalue weighted by atomic mass is 79.9. The molecular weight excluding hydrogens is 394 g/mol. The highest BCUT2D eigenvalue weighted by Crippen LogP contribution is 2.29. The molecule has 6 nitrogen and oxygen atoms in total. The normalized spacial score (nSPS) is 17.1. The number of amides is 1. The van der Waals surface area contributed by atoms with Gasteiger partial charge in [0.25, 0.3) is 0 Å². The van der Waals surface area contributed by atoms with Crippen LogP contribution in [0, 0.1) is 12.3 Å². The fraction of sp³-hybridized carbons (Fsp3) is 0.474. The Balaban J connectivity index is 1.72. The van der Waals surface area contributed by atoms with Crippen LogP contribution in [0.3, 0.4) is 0 Å². The Labute approximate surface area is 162 Å². The summed E-state index contributed by atoms with van der Waals surface area (Å²) in [7, 11) is 0. The van der Waals surface area contributed by atoms with Gasteiger partial charge >= 0.3 is 0 Å². The van der Waals surface area contributed by atoms with Crippen molar-refractivity contribution >= 4 is 21.8 Å². The van der Waals surface area contributed by atoms with E-state index in [9.17, 15) is 4.79 Å². The lowest BCUT2D eigenvalue weighted by Crippen LogP contribution is -2.39. The van der Waals surface area contributed by atoms with E-state index in [-0.39, 0.29) is 11.9 Å². The van der Waals surface area contributed by atoms with Crippen LogP contribution in [0.2, 0.25) is 0 Å². The molecule has 1 aromatic carbocycles. The summed E-state index contributed by atoms with van der Waals surface area (Å²) >= 11 is 3.45. The number of piperidine rings is 1. The van der Waals surface area contributed by atoms with E-state index in [0.717, 1.165) is 55.2 Å². The summed E-state index contributed by atoms with van der Waals surface area (Å²) in [6.45, 7) is 0.754. The summed E-state index contributed by atoms with van der Waals surface area (Å²) in [5.41, 5.74) is 0.834. The molecule has 2 heterocycles. The number of tetrazole rings is 1. The molecule has 0 spiro atoms. The molecule has 0 radical (unpaired) electrons. The lowest BCUT2D eigenvalue weighted by atomic mass is 10.0. The third-order valence-electron chi connectivity index (χ3n) is 4.55. The Kier molecular flexibility index (Phi) is 6.40. The fourth-order valence-corrected chi connectivity index (χ4v) is 3.60. The minimum absolute atomic E-state index is 0.0928. The van der Waals surface area contributed by atoms with E-state index < -0.39 is 0 Å². The molecule has 0 aliphatic carbocycles. The van der Waals surface area contributed by atoms with E-state index in [1.807, 2.05) is 29.2 Å². The number of nitrogens with zero attached hydrogens (tertiary/aromatic N) is 5. The number of likely N-dealkylation sites (tertiary alicyclic amines) is 1. The van der Waals surface area contributed by atoms with Gasteiger partial charge in [-0.3, -0.25) is 4.79 Å². The number of unbranched alkanes of at least 4 members (excludes halogenated alkanes) is 2. The Morgan fingerprint density at radius 2 is 2.23 bits per heavy atom. The smallest absolute Gasteiger partial charge is 0.223 e. The average molecular weight is 416 g/mol. The van der Waals surface area contributed by atoms with Crippen LogP contribution in [0.5, 0.6) is 0 Å². The van der Waals surface area contributed by atoms with Gasteiger partial charge in [0, 0.05) is 23.9 Å². The number of halogens is 1. The van der Waals surface area contributed by atoms with Gasteiger partial charge < -0.3 is 4.90 Å². The number of rotatable bonds is 6. The number of carbonyl (C=O) groups excluding carboxylic acids is 1. The molecule has 3 rings (SSSR count). The van der Waals surface area contributed by atoms with E-state index in [2.05, 4.69) is 37.3 Å². The summed E-state index contributed by atoms with van der Waals surface area (Å²) in [4.78, 5) is 16.1. The van der Waals surface area contributed by atoms with Gasteiger partial charge in [-0.25, -0.2) is 0 Å². The van der Waals surface area contributed by atoms with E-state index in [4.69, 9.17) is 6.42 Å². The lowest BCUT2D eigenvalue weighted by Gasteiger charge is -2.33. The molecule has 1 saturated heterocycles. The van der Waals surface area contributed by atoms with Gasteiger partial charge in [0.05, 0.1) is 11.7 Å². The van der Waals surface area contributed by atoms with Crippen LogP contribution in [-0.2, 0) is 4.79 Å². The maximum Gasteiger partial charge on any atom is 0.223 e. The molecule has 1 aromatic heterocycles. The largest absolute Gasteiger partial charge is 0.332 e. The van der Waals surface area contributed by atoms with Crippen molar-refractivity contribution in [1.29, 1.82) is 0 Å². The summed E-state index contributed by atoms with van der Waals surface area (Å²) in [5, 5.41) is 13.0. The monoisotopic (exact) mass is 415 g/mol. The second kappa shape index (κ2) is 8.95. The lowest BCUT2D eigenvalue weighted by molar-refractivity contribution is -0.135. The maximum absolute atomic E-state index is 12.7. The molecule has 1 atom stereocenters. The van der Waals surface area contributed by atoms with Crippen molar-refractivity contribution in [2.45, 2.75) is 51.0 Å². The summed E-state index contributed by atoms with van der Waals surface area (Å²) < 4.78 is 0.954. The van der Waals surface area contributed by atoms with E-state index >= 15 is 0 Å². The van der Waals surface area contributed by atoms with Crippen LogP contribution in [0.25, 0.3) is 5.69 Å². The van der Waals surface area contributed by atoms with Crippen molar-refractivity contribution < 1.29 is 4.79 Å². The molecule has 26 heavy (non-hydrogen) atoms. The first kappa shape index (κ1) is 18.6. The fourth-order valence-electron chi connectivity index (χ4n) is 3.21. The molecular formula is C19H22BrN5O. The van der Waals surface area contributed by atoms with Gasteiger partial charge in [-0.05, 0) is 55.5 Å². The minimum atomic E-state index is -0.0928. The van der Waals surface area contributed by atoms with Crippen LogP contribution in [0.4, 0.5) is 0 Å². The zero-order valence-electron chi connectivity index (χ0n) is 14.6. The van der Waals surface area contributed by atoms with Crippen LogP contribution >= 0.6 is 15.9 Å². The number of aromatic nitrogens is 4. The Bertz CT molecular complexity index is 797. The molecule has 1 fully saturated rings. The van der Waals surface area contributed by atoms with Gasteiger partial charge in [0.15, 0.2) is 5.82 Å². The molecule has 136 valence electrons. The highest BCUT2D eigenvalue weighted by Gasteiger charge is 2.30. The van der Waals surface area contributed by atoms with Crippen molar-refractivity contribution in [2.75, 3.05) is 6.54 Å². The first-order chi connectivity index (χ1) is 12.7. The van der Waals surface area contributed by atoms with Crippen LogP contribution in [-0.4, -0.2) is 37.6 Å². The van der Waals surface area contributed by atoms with Crippen LogP contribution in [0.1, 0.15) is 56.8 Å². The number of benzene rings is 1. The van der Waals surface area contributed by atoms with Gasteiger partial charge in [-0.1, -0.05) is 22.0 Å². The topological polar surface area (TPSA) is 63.9 Å². The average Bonchev–Trinajstić information content (AvgIpc) is 3.15. The molecule has 1 unspecified atom stereocenters.